The molecule has 12 heteroatoms. The van der Waals surface area contributed by atoms with Crippen LogP contribution in [-0.2, 0) is 11.3 Å². The smallest absolute Gasteiger partial charge is 0.413 e. The summed E-state index contributed by atoms with van der Waals surface area (Å²) in [5.41, 5.74) is 1.65. The van der Waals surface area contributed by atoms with Crippen molar-refractivity contribution in [2.24, 2.45) is 0 Å². The van der Waals surface area contributed by atoms with Gasteiger partial charge in [0.1, 0.15) is 11.4 Å². The quantitative estimate of drug-likeness (QED) is 0.122. The molecule has 0 fully saturated rings. The fourth-order valence-corrected chi connectivity index (χ4v) is 5.53. The van der Waals surface area contributed by atoms with Crippen LogP contribution < -0.4 is 16.0 Å². The molecular formula is C34H36N6O5S. The molecule has 0 atom stereocenters. The first-order valence-electron chi connectivity index (χ1n) is 14.7. The Balaban J connectivity index is 1.33. The van der Waals surface area contributed by atoms with E-state index in [1.807, 2.05) is 36.4 Å². The summed E-state index contributed by atoms with van der Waals surface area (Å²) >= 11 is 1.27. The first-order valence-corrected chi connectivity index (χ1v) is 15.5. The van der Waals surface area contributed by atoms with Crippen LogP contribution in [0, 0.1) is 0 Å². The highest BCUT2D eigenvalue weighted by Gasteiger charge is 2.22. The van der Waals surface area contributed by atoms with E-state index in [1.165, 1.54) is 11.3 Å². The summed E-state index contributed by atoms with van der Waals surface area (Å²) in [6.45, 7) is 8.99. The maximum absolute atomic E-state index is 13.4. The fourth-order valence-electron chi connectivity index (χ4n) is 4.63. The molecule has 46 heavy (non-hydrogen) atoms. The molecule has 0 saturated carbocycles. The van der Waals surface area contributed by atoms with Gasteiger partial charge in [-0.15, -0.1) is 11.3 Å². The Labute approximate surface area is 270 Å². The van der Waals surface area contributed by atoms with Crippen molar-refractivity contribution in [1.29, 1.82) is 0 Å². The summed E-state index contributed by atoms with van der Waals surface area (Å²) in [4.78, 5) is 48.3. The van der Waals surface area contributed by atoms with Crippen LogP contribution in [0.25, 0.3) is 21.5 Å². The molecule has 3 heterocycles. The predicted octanol–water partition coefficient (Wildman–Crippen LogP) is 6.82. The second kappa shape index (κ2) is 13.1. The number of ether oxygens (including phenoxy) is 1. The average Bonchev–Trinajstić information content (AvgIpc) is 3.60. The van der Waals surface area contributed by atoms with Gasteiger partial charge in [0.05, 0.1) is 34.6 Å². The number of hydrogen-bond donors (Lipinski definition) is 4. The standard InChI is InChI=1S/C34H36N6O5S/c1-33(2,3)45-32(43)38-29-17-22(15-16-35-29)27-13-14-28(46-27)30(42)39-31-37-24-18-23(11-12-25(24)40(31)20-34(4,5)44)36-19-26(41)21-9-7-6-8-10-21/h6-18,36,44H,19-20H2,1-5H3,(H,35,38,43)(H,37,39,42). The third-order valence-corrected chi connectivity index (χ3v) is 7.70. The molecule has 5 rings (SSSR count). The number of aliphatic hydroxyl groups is 1. The molecule has 0 aliphatic carbocycles. The number of carbonyl (C=O) groups excluding carboxylic acids is 3. The van der Waals surface area contributed by atoms with Crippen LogP contribution in [0.1, 0.15) is 54.6 Å². The summed E-state index contributed by atoms with van der Waals surface area (Å²) in [7, 11) is 0. The lowest BCUT2D eigenvalue weighted by molar-refractivity contribution is 0.0625. The van der Waals surface area contributed by atoms with E-state index in [-0.39, 0.29) is 30.7 Å². The van der Waals surface area contributed by atoms with E-state index < -0.39 is 17.3 Å². The van der Waals surface area contributed by atoms with Gasteiger partial charge in [-0.2, -0.15) is 0 Å². The van der Waals surface area contributed by atoms with Crippen LogP contribution >= 0.6 is 11.3 Å². The van der Waals surface area contributed by atoms with Crippen molar-refractivity contribution < 1.29 is 24.2 Å². The Morgan fingerprint density at radius 1 is 0.935 bits per heavy atom. The van der Waals surface area contributed by atoms with Gasteiger partial charge >= 0.3 is 6.09 Å². The van der Waals surface area contributed by atoms with Crippen molar-refractivity contribution in [3.8, 4) is 10.4 Å². The summed E-state index contributed by atoms with van der Waals surface area (Å²) in [5, 5.41) is 19.3. The summed E-state index contributed by atoms with van der Waals surface area (Å²) in [6, 6.07) is 21.6. The van der Waals surface area contributed by atoms with Crippen LogP contribution in [0.5, 0.6) is 0 Å². The van der Waals surface area contributed by atoms with Gasteiger partial charge in [-0.3, -0.25) is 20.2 Å². The molecule has 11 nitrogen and oxygen atoms in total. The van der Waals surface area contributed by atoms with E-state index in [1.54, 1.807) is 81.8 Å². The van der Waals surface area contributed by atoms with Gasteiger partial charge < -0.3 is 19.7 Å². The third-order valence-electron chi connectivity index (χ3n) is 6.57. The van der Waals surface area contributed by atoms with Crippen molar-refractivity contribution in [3.05, 3.63) is 89.4 Å². The van der Waals surface area contributed by atoms with Crippen molar-refractivity contribution in [2.75, 3.05) is 22.5 Å². The first kappa shape index (κ1) is 32.3. The molecule has 0 radical (unpaired) electrons. The largest absolute Gasteiger partial charge is 0.444 e. The zero-order valence-corrected chi connectivity index (χ0v) is 27.1. The number of imidazole rings is 1. The number of hydrogen-bond acceptors (Lipinski definition) is 9. The van der Waals surface area contributed by atoms with Crippen LogP contribution in [0.2, 0.25) is 0 Å². The number of nitrogens with zero attached hydrogens (tertiary/aromatic N) is 3. The Kier molecular flexibility index (Phi) is 9.22. The van der Waals surface area contributed by atoms with Crippen LogP contribution in [-0.4, -0.2) is 55.2 Å². The molecule has 3 aromatic heterocycles. The highest BCUT2D eigenvalue weighted by Crippen LogP contribution is 2.31. The van der Waals surface area contributed by atoms with E-state index in [9.17, 15) is 19.5 Å². The minimum Gasteiger partial charge on any atom is -0.444 e. The second-order valence-corrected chi connectivity index (χ2v) is 13.4. The Bertz CT molecular complexity index is 1890. The fraction of sp³-hybridized carbons (Fsp3) is 0.265. The monoisotopic (exact) mass is 640 g/mol. The zero-order chi connectivity index (χ0) is 33.1. The number of nitrogens with one attached hydrogen (secondary N) is 3. The molecule has 0 saturated heterocycles. The Hall–Kier alpha value is -5.07. The number of fused-ring (bicyclic) bond motifs is 1. The van der Waals surface area contributed by atoms with Crippen molar-refractivity contribution in [1.82, 2.24) is 14.5 Å². The molecule has 4 N–H and O–H groups in total. The second-order valence-electron chi connectivity index (χ2n) is 12.4. The Morgan fingerprint density at radius 3 is 2.41 bits per heavy atom. The van der Waals surface area contributed by atoms with E-state index in [0.29, 0.717) is 33.0 Å². The SMILES string of the molecule is CC(C)(O)Cn1c(NC(=O)c2ccc(-c3ccnc(NC(=O)OC(C)(C)C)c3)s2)nc2cc(NCC(=O)c3ccccc3)ccc21. The van der Waals surface area contributed by atoms with Gasteiger partial charge in [-0.05, 0) is 82.6 Å². The zero-order valence-electron chi connectivity index (χ0n) is 26.2. The lowest BCUT2D eigenvalue weighted by atomic mass is 10.1. The Morgan fingerprint density at radius 2 is 1.70 bits per heavy atom. The maximum atomic E-state index is 13.4. The predicted molar refractivity (Wildman–Crippen MR) is 181 cm³/mol. The average molecular weight is 641 g/mol. The highest BCUT2D eigenvalue weighted by molar-refractivity contribution is 7.17. The minimum absolute atomic E-state index is 0.0428. The minimum atomic E-state index is -1.09. The molecule has 0 bridgehead atoms. The van der Waals surface area contributed by atoms with Crippen LogP contribution in [0.3, 0.4) is 0 Å². The molecule has 0 aliphatic rings. The van der Waals surface area contributed by atoms with E-state index in [2.05, 4.69) is 25.9 Å². The number of amides is 2. The summed E-state index contributed by atoms with van der Waals surface area (Å²) in [6.07, 6.45) is 0.960. The lowest BCUT2D eigenvalue weighted by Crippen LogP contribution is -2.27. The highest BCUT2D eigenvalue weighted by atomic mass is 32.1. The molecule has 2 aromatic carbocycles. The van der Waals surface area contributed by atoms with Crippen LogP contribution in [0.4, 0.5) is 22.2 Å². The van der Waals surface area contributed by atoms with E-state index >= 15 is 0 Å². The number of ketones is 1. The summed E-state index contributed by atoms with van der Waals surface area (Å²) in [5.74, 6) is 0.197. The maximum Gasteiger partial charge on any atom is 0.413 e. The van der Waals surface area contributed by atoms with Gasteiger partial charge in [0.15, 0.2) is 5.78 Å². The molecule has 0 aliphatic heterocycles. The van der Waals surface area contributed by atoms with E-state index in [0.717, 1.165) is 10.4 Å². The number of aromatic nitrogens is 3. The number of pyridine rings is 1. The molecule has 0 spiro atoms. The van der Waals surface area contributed by atoms with Gasteiger partial charge in [-0.25, -0.2) is 14.8 Å². The first-order chi connectivity index (χ1) is 21.7. The van der Waals surface area contributed by atoms with Gasteiger partial charge in [0, 0.05) is 22.3 Å². The number of carbonyl (C=O) groups is 3. The number of benzene rings is 2. The molecule has 2 amide bonds. The van der Waals surface area contributed by atoms with E-state index in [4.69, 9.17) is 4.74 Å². The molecular weight excluding hydrogens is 604 g/mol. The molecule has 0 unspecified atom stereocenters. The van der Waals surface area contributed by atoms with Gasteiger partial charge in [0.2, 0.25) is 5.95 Å². The normalized spacial score (nSPS) is 11.7. The lowest BCUT2D eigenvalue weighted by Gasteiger charge is -2.20. The van der Waals surface area contributed by atoms with Gasteiger partial charge in [0.25, 0.3) is 5.91 Å². The molecule has 5 aromatic rings. The summed E-state index contributed by atoms with van der Waals surface area (Å²) < 4.78 is 7.07. The topological polar surface area (TPSA) is 147 Å². The molecule has 238 valence electrons. The van der Waals surface area contributed by atoms with Crippen molar-refractivity contribution >= 4 is 57.6 Å². The number of thiophene rings is 1. The number of Topliss-reactive ketones (excluding diaryl/α,β-unsaturated/α-hetero) is 1. The third kappa shape index (κ3) is 8.34. The van der Waals surface area contributed by atoms with Gasteiger partial charge in [-0.1, -0.05) is 30.3 Å². The van der Waals surface area contributed by atoms with Crippen molar-refractivity contribution in [3.63, 3.8) is 0 Å². The number of anilines is 3. The van der Waals surface area contributed by atoms with Crippen LogP contribution in [0.15, 0.2) is 79.0 Å². The number of rotatable bonds is 10. The van der Waals surface area contributed by atoms with Crippen molar-refractivity contribution in [2.45, 2.75) is 52.4 Å².